The Morgan fingerprint density at radius 1 is 1.14 bits per heavy atom. The summed E-state index contributed by atoms with van der Waals surface area (Å²) in [5.74, 6) is 1.44. The first-order chi connectivity index (χ1) is 13.4. The number of nitrogens with zero attached hydrogens (tertiary/aromatic N) is 1. The van der Waals surface area contributed by atoms with E-state index in [1.54, 1.807) is 24.3 Å². The Bertz CT molecular complexity index is 890. The summed E-state index contributed by atoms with van der Waals surface area (Å²) in [5, 5.41) is 7.05. The lowest BCUT2D eigenvalue weighted by molar-refractivity contribution is 0.322. The maximum atomic E-state index is 11.5. The van der Waals surface area contributed by atoms with Crippen LogP contribution >= 0.6 is 35.6 Å². The molecular formula is C20H27ClIN3O3S. The topological polar surface area (TPSA) is 79.8 Å². The van der Waals surface area contributed by atoms with Crippen molar-refractivity contribution in [2.45, 2.75) is 18.2 Å². The highest BCUT2D eigenvalue weighted by molar-refractivity contribution is 14.0. The van der Waals surface area contributed by atoms with Crippen molar-refractivity contribution in [1.29, 1.82) is 0 Å². The Morgan fingerprint density at radius 3 is 2.48 bits per heavy atom. The Balaban J connectivity index is 0.00000420. The fourth-order valence-corrected chi connectivity index (χ4v) is 3.25. The maximum Gasteiger partial charge on any atom is 0.191 e. The Morgan fingerprint density at radius 2 is 1.86 bits per heavy atom. The van der Waals surface area contributed by atoms with Crippen LogP contribution in [0.2, 0.25) is 5.02 Å². The third-order valence-corrected chi connectivity index (χ3v) is 5.19. The smallest absolute Gasteiger partial charge is 0.191 e. The van der Waals surface area contributed by atoms with Crippen molar-refractivity contribution in [3.8, 4) is 5.75 Å². The van der Waals surface area contributed by atoms with E-state index in [-0.39, 0.29) is 24.0 Å². The van der Waals surface area contributed by atoms with Gasteiger partial charge < -0.3 is 15.4 Å². The summed E-state index contributed by atoms with van der Waals surface area (Å²) in [6, 6.07) is 14.2. The van der Waals surface area contributed by atoms with Crippen molar-refractivity contribution in [2.75, 3.05) is 32.5 Å². The molecule has 0 unspecified atom stereocenters. The number of aliphatic imine (C=N–C) groups is 1. The molecule has 0 aromatic heterocycles. The molecule has 0 saturated heterocycles. The van der Waals surface area contributed by atoms with Crippen LogP contribution in [0.1, 0.15) is 12.5 Å². The molecule has 2 aromatic rings. The molecule has 0 spiro atoms. The number of ether oxygens (including phenoxy) is 1. The Kier molecular flexibility index (Phi) is 11.4. The fourth-order valence-electron chi connectivity index (χ4n) is 2.44. The Hall–Kier alpha value is -1.52. The first kappa shape index (κ1) is 25.5. The summed E-state index contributed by atoms with van der Waals surface area (Å²) >= 11 is 5.93. The third-order valence-electron chi connectivity index (χ3n) is 3.83. The number of rotatable bonds is 9. The van der Waals surface area contributed by atoms with Gasteiger partial charge in [-0.2, -0.15) is 0 Å². The second-order valence-electron chi connectivity index (χ2n) is 6.16. The predicted molar refractivity (Wildman–Crippen MR) is 130 cm³/mol. The van der Waals surface area contributed by atoms with E-state index in [9.17, 15) is 8.42 Å². The van der Waals surface area contributed by atoms with E-state index in [2.05, 4.69) is 15.6 Å². The van der Waals surface area contributed by atoms with Crippen LogP contribution < -0.4 is 15.4 Å². The average molecular weight is 552 g/mol. The highest BCUT2D eigenvalue weighted by Gasteiger charge is 2.06. The molecule has 0 aliphatic rings. The molecule has 0 aliphatic carbocycles. The third kappa shape index (κ3) is 9.68. The van der Waals surface area contributed by atoms with Crippen LogP contribution in [-0.2, 0) is 16.3 Å². The van der Waals surface area contributed by atoms with Gasteiger partial charge in [0.2, 0.25) is 0 Å². The molecule has 9 heteroatoms. The maximum absolute atomic E-state index is 11.5. The summed E-state index contributed by atoms with van der Waals surface area (Å²) in [4.78, 5) is 4.87. The zero-order valence-corrected chi connectivity index (χ0v) is 20.4. The minimum absolute atomic E-state index is 0. The van der Waals surface area contributed by atoms with Gasteiger partial charge in [-0.05, 0) is 49.2 Å². The van der Waals surface area contributed by atoms with E-state index in [0.717, 1.165) is 24.3 Å². The summed E-state index contributed by atoms with van der Waals surface area (Å²) in [6.07, 6.45) is 1.93. The second-order valence-corrected chi connectivity index (χ2v) is 8.61. The first-order valence-electron chi connectivity index (χ1n) is 9.08. The van der Waals surface area contributed by atoms with Crippen molar-refractivity contribution in [3.63, 3.8) is 0 Å². The number of halogens is 2. The van der Waals surface area contributed by atoms with E-state index in [0.29, 0.717) is 35.6 Å². The average Bonchev–Trinajstić information content (AvgIpc) is 2.65. The summed E-state index contributed by atoms with van der Waals surface area (Å²) in [7, 11) is -3.16. The Labute approximate surface area is 195 Å². The van der Waals surface area contributed by atoms with E-state index >= 15 is 0 Å². The van der Waals surface area contributed by atoms with E-state index in [4.69, 9.17) is 16.3 Å². The zero-order valence-electron chi connectivity index (χ0n) is 16.5. The van der Waals surface area contributed by atoms with Crippen LogP contribution in [0.4, 0.5) is 0 Å². The normalized spacial score (nSPS) is 11.5. The van der Waals surface area contributed by atoms with E-state index in [1.807, 2.05) is 31.2 Å². The van der Waals surface area contributed by atoms with Gasteiger partial charge >= 0.3 is 0 Å². The zero-order chi connectivity index (χ0) is 20.4. The lowest BCUT2D eigenvalue weighted by Crippen LogP contribution is -2.39. The molecule has 2 aromatic carbocycles. The quantitative estimate of drug-likeness (QED) is 0.216. The van der Waals surface area contributed by atoms with Crippen molar-refractivity contribution in [3.05, 3.63) is 59.1 Å². The van der Waals surface area contributed by atoms with Crippen LogP contribution in [0.5, 0.6) is 5.75 Å². The number of benzene rings is 2. The number of nitrogens with one attached hydrogen (secondary N) is 2. The molecule has 0 bridgehead atoms. The summed E-state index contributed by atoms with van der Waals surface area (Å²) in [6.45, 7) is 4.43. The molecular weight excluding hydrogens is 525 g/mol. The lowest BCUT2D eigenvalue weighted by Gasteiger charge is -2.12. The molecule has 29 heavy (non-hydrogen) atoms. The number of hydrogen-bond donors (Lipinski definition) is 2. The van der Waals surface area contributed by atoms with Crippen LogP contribution in [0.3, 0.4) is 0 Å². The molecule has 0 atom stereocenters. The van der Waals surface area contributed by atoms with Crippen LogP contribution in [0.25, 0.3) is 0 Å². The summed E-state index contributed by atoms with van der Waals surface area (Å²) < 4.78 is 28.6. The number of hydrogen-bond acceptors (Lipinski definition) is 4. The molecule has 0 fully saturated rings. The van der Waals surface area contributed by atoms with Gasteiger partial charge in [0.25, 0.3) is 0 Å². The van der Waals surface area contributed by atoms with Gasteiger partial charge in [-0.25, -0.2) is 8.42 Å². The molecule has 160 valence electrons. The van der Waals surface area contributed by atoms with E-state index < -0.39 is 9.84 Å². The molecule has 0 heterocycles. The van der Waals surface area contributed by atoms with Gasteiger partial charge in [-0.3, -0.25) is 4.99 Å². The van der Waals surface area contributed by atoms with Gasteiger partial charge in [0, 0.05) is 24.4 Å². The van der Waals surface area contributed by atoms with Crippen molar-refractivity contribution >= 4 is 51.4 Å². The lowest BCUT2D eigenvalue weighted by atomic mass is 10.1. The first-order valence-corrected chi connectivity index (χ1v) is 11.3. The van der Waals surface area contributed by atoms with Crippen molar-refractivity contribution in [1.82, 2.24) is 10.6 Å². The van der Waals surface area contributed by atoms with Crippen LogP contribution in [0, 0.1) is 0 Å². The van der Waals surface area contributed by atoms with Gasteiger partial charge in [-0.15, -0.1) is 24.0 Å². The minimum Gasteiger partial charge on any atom is -0.492 e. The second kappa shape index (κ2) is 12.9. The largest absolute Gasteiger partial charge is 0.492 e. The van der Waals surface area contributed by atoms with Crippen molar-refractivity contribution in [2.24, 2.45) is 4.99 Å². The molecule has 2 rings (SSSR count). The number of guanidine groups is 1. The van der Waals surface area contributed by atoms with Crippen molar-refractivity contribution < 1.29 is 13.2 Å². The molecule has 0 amide bonds. The standard InChI is InChI=1S/C20H26ClN3O3S.HI/c1-3-22-20(24-13-14-27-18-6-4-5-17(21)15-18)23-12-11-16-7-9-19(10-8-16)28(2,25)26;/h4-10,15H,3,11-14H2,1-2H3,(H2,22,23,24);1H. The van der Waals surface area contributed by atoms with Gasteiger partial charge in [0.1, 0.15) is 12.4 Å². The van der Waals surface area contributed by atoms with Crippen LogP contribution in [0.15, 0.2) is 58.4 Å². The number of sulfone groups is 1. The van der Waals surface area contributed by atoms with Gasteiger partial charge in [-0.1, -0.05) is 29.8 Å². The van der Waals surface area contributed by atoms with Crippen LogP contribution in [-0.4, -0.2) is 46.9 Å². The van der Waals surface area contributed by atoms with Gasteiger partial charge in [0.05, 0.1) is 11.4 Å². The molecule has 0 aliphatic heterocycles. The highest BCUT2D eigenvalue weighted by Crippen LogP contribution is 2.16. The summed E-state index contributed by atoms with van der Waals surface area (Å²) in [5.41, 5.74) is 1.04. The highest BCUT2D eigenvalue weighted by atomic mass is 127. The minimum atomic E-state index is -3.16. The van der Waals surface area contributed by atoms with Gasteiger partial charge in [0.15, 0.2) is 15.8 Å². The molecule has 2 N–H and O–H groups in total. The molecule has 6 nitrogen and oxygen atoms in total. The molecule has 0 saturated carbocycles. The monoisotopic (exact) mass is 551 g/mol. The molecule has 0 radical (unpaired) electrons. The predicted octanol–water partition coefficient (Wildman–Crippen LogP) is 3.54. The van der Waals surface area contributed by atoms with E-state index in [1.165, 1.54) is 6.26 Å². The fraction of sp³-hybridized carbons (Fsp3) is 0.350. The SMILES string of the molecule is CCNC(=NCCc1ccc(S(C)(=O)=O)cc1)NCCOc1cccc(Cl)c1.I.